The third-order valence-electron chi connectivity index (χ3n) is 2.83. The molecule has 112 valence electrons. The predicted octanol–water partition coefficient (Wildman–Crippen LogP) is 4.47. The quantitative estimate of drug-likeness (QED) is 0.697. The fraction of sp³-hybridized carbons (Fsp3) is 0.0714. The summed E-state index contributed by atoms with van der Waals surface area (Å²) in [5, 5.41) is 8.19. The summed E-state index contributed by atoms with van der Waals surface area (Å²) in [6.45, 7) is 0. The second-order valence-corrected chi connectivity index (χ2v) is 4.79. The highest BCUT2D eigenvalue weighted by atomic mass is 35.5. The van der Waals surface area contributed by atoms with E-state index in [9.17, 15) is 13.2 Å². The Kier molecular flexibility index (Phi) is 3.58. The largest absolute Gasteiger partial charge is 0.417 e. The topological polar surface area (TPSA) is 51.8 Å². The van der Waals surface area contributed by atoms with Crippen molar-refractivity contribution < 1.29 is 17.6 Å². The molecule has 8 heteroatoms. The summed E-state index contributed by atoms with van der Waals surface area (Å²) in [4.78, 5) is 3.70. The number of nitrogens with zero attached hydrogens (tertiary/aromatic N) is 3. The van der Waals surface area contributed by atoms with Gasteiger partial charge in [-0.3, -0.25) is 4.98 Å². The Labute approximate surface area is 127 Å². The molecule has 1 aromatic carbocycles. The third-order valence-corrected chi connectivity index (χ3v) is 3.08. The van der Waals surface area contributed by atoms with Gasteiger partial charge in [0.15, 0.2) is 0 Å². The van der Waals surface area contributed by atoms with Crippen molar-refractivity contribution in [1.29, 1.82) is 0 Å². The number of benzene rings is 1. The zero-order chi connectivity index (χ0) is 15.7. The number of rotatable bonds is 2. The fourth-order valence-electron chi connectivity index (χ4n) is 1.72. The molecule has 0 N–H and O–H groups in total. The van der Waals surface area contributed by atoms with Crippen LogP contribution in [0.25, 0.3) is 23.0 Å². The zero-order valence-corrected chi connectivity index (χ0v) is 11.6. The highest BCUT2D eigenvalue weighted by Crippen LogP contribution is 2.30. The van der Waals surface area contributed by atoms with E-state index < -0.39 is 11.7 Å². The molecule has 3 aromatic rings. The maximum atomic E-state index is 12.5. The Hall–Kier alpha value is -2.41. The maximum Gasteiger partial charge on any atom is 0.417 e. The van der Waals surface area contributed by atoms with E-state index in [-0.39, 0.29) is 17.5 Å². The first-order chi connectivity index (χ1) is 10.4. The molecule has 0 aliphatic carbocycles. The lowest BCUT2D eigenvalue weighted by Crippen LogP contribution is -2.05. The lowest BCUT2D eigenvalue weighted by atomic mass is 10.2. The molecule has 0 saturated carbocycles. The summed E-state index contributed by atoms with van der Waals surface area (Å²) in [5.41, 5.74) is -0.0236. The maximum absolute atomic E-state index is 12.5. The molecule has 0 amide bonds. The van der Waals surface area contributed by atoms with E-state index >= 15 is 0 Å². The lowest BCUT2D eigenvalue weighted by Gasteiger charge is -2.05. The van der Waals surface area contributed by atoms with Crippen LogP contribution in [0, 0.1) is 0 Å². The fourth-order valence-corrected chi connectivity index (χ4v) is 1.85. The van der Waals surface area contributed by atoms with Crippen LogP contribution in [0.2, 0.25) is 5.02 Å². The van der Waals surface area contributed by atoms with Crippen LogP contribution >= 0.6 is 11.6 Å². The predicted molar refractivity (Wildman–Crippen MR) is 73.0 cm³/mol. The van der Waals surface area contributed by atoms with E-state index in [1.807, 2.05) is 0 Å². The summed E-state index contributed by atoms with van der Waals surface area (Å²) in [5.74, 6) is 0.270. The monoisotopic (exact) mass is 325 g/mol. The van der Waals surface area contributed by atoms with Gasteiger partial charge in [0.05, 0.1) is 5.56 Å². The molecule has 0 atom stereocenters. The number of halogens is 4. The van der Waals surface area contributed by atoms with Crippen molar-refractivity contribution >= 4 is 11.6 Å². The van der Waals surface area contributed by atoms with Gasteiger partial charge < -0.3 is 4.42 Å². The number of aromatic nitrogens is 3. The number of alkyl halides is 3. The van der Waals surface area contributed by atoms with Crippen molar-refractivity contribution in [2.75, 3.05) is 0 Å². The highest BCUT2D eigenvalue weighted by Gasteiger charge is 2.30. The number of pyridine rings is 1. The number of hydrogen-bond acceptors (Lipinski definition) is 4. The first-order valence-electron chi connectivity index (χ1n) is 6.06. The minimum atomic E-state index is -4.44. The van der Waals surface area contributed by atoms with Crippen molar-refractivity contribution in [2.45, 2.75) is 6.18 Å². The molecule has 0 spiro atoms. The molecule has 4 nitrogen and oxygen atoms in total. The average molecular weight is 326 g/mol. The van der Waals surface area contributed by atoms with E-state index in [4.69, 9.17) is 16.0 Å². The zero-order valence-electron chi connectivity index (χ0n) is 10.8. The molecule has 0 aliphatic rings. The lowest BCUT2D eigenvalue weighted by molar-refractivity contribution is -0.137. The minimum Gasteiger partial charge on any atom is -0.415 e. The summed E-state index contributed by atoms with van der Waals surface area (Å²) >= 11 is 5.78. The Morgan fingerprint density at radius 3 is 2.18 bits per heavy atom. The molecule has 22 heavy (non-hydrogen) atoms. The minimum absolute atomic E-state index is 0.0404. The summed E-state index contributed by atoms with van der Waals surface area (Å²) < 4.78 is 42.8. The average Bonchev–Trinajstić information content (AvgIpc) is 2.97. The van der Waals surface area contributed by atoms with E-state index in [0.29, 0.717) is 10.6 Å². The Balaban J connectivity index is 1.89. The van der Waals surface area contributed by atoms with E-state index in [1.165, 1.54) is 6.07 Å². The van der Waals surface area contributed by atoms with Gasteiger partial charge in [-0.2, -0.15) is 13.2 Å². The van der Waals surface area contributed by atoms with Crippen LogP contribution in [0.4, 0.5) is 13.2 Å². The van der Waals surface area contributed by atoms with Crippen molar-refractivity contribution in [3.63, 3.8) is 0 Å². The van der Waals surface area contributed by atoms with Gasteiger partial charge in [-0.15, -0.1) is 10.2 Å². The third kappa shape index (κ3) is 2.94. The molecule has 0 aliphatic heterocycles. The second kappa shape index (κ2) is 5.42. The molecule has 2 aromatic heterocycles. The summed E-state index contributed by atoms with van der Waals surface area (Å²) in [7, 11) is 0. The first-order valence-corrected chi connectivity index (χ1v) is 6.44. The van der Waals surface area contributed by atoms with Crippen molar-refractivity contribution in [3.8, 4) is 23.0 Å². The molecular weight excluding hydrogens is 319 g/mol. The van der Waals surface area contributed by atoms with Crippen LogP contribution in [0.5, 0.6) is 0 Å². The normalized spacial score (nSPS) is 11.6. The van der Waals surface area contributed by atoms with Gasteiger partial charge in [-0.05, 0) is 36.4 Å². The second-order valence-electron chi connectivity index (χ2n) is 4.35. The van der Waals surface area contributed by atoms with Gasteiger partial charge in [-0.1, -0.05) is 11.6 Å². The Bertz CT molecular complexity index is 782. The highest BCUT2D eigenvalue weighted by molar-refractivity contribution is 6.30. The van der Waals surface area contributed by atoms with Gasteiger partial charge in [0.25, 0.3) is 5.89 Å². The van der Waals surface area contributed by atoms with E-state index in [0.717, 1.165) is 12.3 Å². The molecule has 2 heterocycles. The van der Waals surface area contributed by atoms with Crippen molar-refractivity contribution in [1.82, 2.24) is 15.2 Å². The molecular formula is C14H7ClF3N3O. The van der Waals surface area contributed by atoms with Crippen molar-refractivity contribution in [2.24, 2.45) is 0 Å². The molecule has 0 unspecified atom stereocenters. The van der Waals surface area contributed by atoms with Crippen LogP contribution in [-0.4, -0.2) is 15.2 Å². The Morgan fingerprint density at radius 1 is 0.909 bits per heavy atom. The van der Waals surface area contributed by atoms with Gasteiger partial charge in [-0.25, -0.2) is 0 Å². The molecule has 0 fully saturated rings. The first kappa shape index (κ1) is 14.5. The molecule has 0 saturated heterocycles. The van der Waals surface area contributed by atoms with Crippen LogP contribution in [-0.2, 0) is 6.18 Å². The van der Waals surface area contributed by atoms with Crippen molar-refractivity contribution in [3.05, 3.63) is 53.2 Å². The Morgan fingerprint density at radius 2 is 1.59 bits per heavy atom. The van der Waals surface area contributed by atoms with Crippen LogP contribution in [0.3, 0.4) is 0 Å². The molecule has 0 bridgehead atoms. The number of hydrogen-bond donors (Lipinski definition) is 0. The standard InChI is InChI=1S/C14H7ClF3N3O/c15-10-4-1-8(2-5-10)12-20-21-13(22-12)11-6-3-9(7-19-11)14(16,17)18/h1-7H. The molecule has 0 radical (unpaired) electrons. The summed E-state index contributed by atoms with van der Waals surface area (Å²) in [6, 6.07) is 8.81. The van der Waals surface area contributed by atoms with Crippen LogP contribution in [0.15, 0.2) is 47.0 Å². The van der Waals surface area contributed by atoms with Gasteiger partial charge in [0, 0.05) is 16.8 Å². The van der Waals surface area contributed by atoms with Crippen LogP contribution in [0.1, 0.15) is 5.56 Å². The van der Waals surface area contributed by atoms with E-state index in [2.05, 4.69) is 15.2 Å². The molecule has 3 rings (SSSR count). The van der Waals surface area contributed by atoms with Gasteiger partial charge in [0.1, 0.15) is 5.69 Å². The van der Waals surface area contributed by atoms with Crippen LogP contribution < -0.4 is 0 Å². The smallest absolute Gasteiger partial charge is 0.415 e. The van der Waals surface area contributed by atoms with Gasteiger partial charge >= 0.3 is 6.18 Å². The summed E-state index contributed by atoms with van der Waals surface area (Å²) in [6.07, 6.45) is -3.71. The van der Waals surface area contributed by atoms with E-state index in [1.54, 1.807) is 24.3 Å². The SMILES string of the molecule is FC(F)(F)c1ccc(-c2nnc(-c3ccc(Cl)cc3)o2)nc1. The van der Waals surface area contributed by atoms with Gasteiger partial charge in [0.2, 0.25) is 5.89 Å².